The van der Waals surface area contributed by atoms with Crippen LogP contribution < -0.4 is 0 Å². The highest BCUT2D eigenvalue weighted by molar-refractivity contribution is 5.77. The Balaban J connectivity index is 4.12. The molecule has 0 spiro atoms. The number of carbonyl (C=O) groups excluding carboxylic acids is 3. The van der Waals surface area contributed by atoms with E-state index in [-0.39, 0.29) is 38.7 Å². The van der Waals surface area contributed by atoms with Gasteiger partial charge in [0.15, 0.2) is 0 Å². The Labute approximate surface area is 137 Å². The summed E-state index contributed by atoms with van der Waals surface area (Å²) in [5.74, 6) is -4.48. The lowest BCUT2D eigenvalue weighted by Gasteiger charge is -2.17. The summed E-state index contributed by atoms with van der Waals surface area (Å²) in [6.45, 7) is 1.05. The first kappa shape index (κ1) is 21.4. The summed E-state index contributed by atoms with van der Waals surface area (Å²) in [5, 5.41) is 16.9. The molecule has 0 bridgehead atoms. The molecular formula is C14H20O10. The molecule has 0 amide bonds. The largest absolute Gasteiger partial charge is 0.481 e. The minimum absolute atomic E-state index is 0.0462. The molecule has 0 radical (unpaired) electrons. The molecule has 10 heteroatoms. The van der Waals surface area contributed by atoms with Gasteiger partial charge in [0.2, 0.25) is 6.29 Å². The van der Waals surface area contributed by atoms with Gasteiger partial charge in [0, 0.05) is 13.3 Å². The van der Waals surface area contributed by atoms with Gasteiger partial charge in [-0.3, -0.25) is 24.0 Å². The number of esters is 3. The molecule has 0 aromatic rings. The van der Waals surface area contributed by atoms with E-state index in [0.717, 1.165) is 6.92 Å². The van der Waals surface area contributed by atoms with Gasteiger partial charge >= 0.3 is 29.8 Å². The molecule has 1 unspecified atom stereocenters. The minimum Gasteiger partial charge on any atom is -0.481 e. The van der Waals surface area contributed by atoms with E-state index in [1.54, 1.807) is 0 Å². The Hall–Kier alpha value is -2.65. The molecular weight excluding hydrogens is 328 g/mol. The first-order valence-corrected chi connectivity index (χ1v) is 7.16. The maximum absolute atomic E-state index is 11.4. The van der Waals surface area contributed by atoms with E-state index in [4.69, 9.17) is 24.4 Å². The van der Waals surface area contributed by atoms with Gasteiger partial charge in [-0.2, -0.15) is 0 Å². The van der Waals surface area contributed by atoms with Crippen LogP contribution in [0, 0.1) is 0 Å². The summed E-state index contributed by atoms with van der Waals surface area (Å²) in [6.07, 6.45) is -2.33. The van der Waals surface area contributed by atoms with Crippen LogP contribution in [0.5, 0.6) is 0 Å². The lowest BCUT2D eigenvalue weighted by molar-refractivity contribution is -0.188. The molecule has 0 aliphatic rings. The SMILES string of the molecule is CC(=O)OC(CCCOC(=O)CCC(=O)O)OC(=O)CCC(=O)O. The molecule has 24 heavy (non-hydrogen) atoms. The molecule has 0 fully saturated rings. The van der Waals surface area contributed by atoms with Crippen LogP contribution in [0.25, 0.3) is 0 Å². The van der Waals surface area contributed by atoms with E-state index in [2.05, 4.69) is 0 Å². The van der Waals surface area contributed by atoms with Gasteiger partial charge in [0.1, 0.15) is 0 Å². The van der Waals surface area contributed by atoms with Crippen LogP contribution in [-0.4, -0.2) is 53.0 Å². The Morgan fingerprint density at radius 2 is 1.38 bits per heavy atom. The maximum atomic E-state index is 11.4. The van der Waals surface area contributed by atoms with Crippen molar-refractivity contribution in [2.75, 3.05) is 6.61 Å². The Kier molecular flexibility index (Phi) is 10.5. The second kappa shape index (κ2) is 11.9. The fourth-order valence-electron chi connectivity index (χ4n) is 1.46. The molecule has 2 N–H and O–H groups in total. The molecule has 0 aliphatic carbocycles. The second-order valence-corrected chi connectivity index (χ2v) is 4.68. The van der Waals surface area contributed by atoms with Gasteiger partial charge in [-0.1, -0.05) is 0 Å². The van der Waals surface area contributed by atoms with Crippen LogP contribution in [0.15, 0.2) is 0 Å². The van der Waals surface area contributed by atoms with Crippen LogP contribution in [0.2, 0.25) is 0 Å². The van der Waals surface area contributed by atoms with Gasteiger partial charge in [0.25, 0.3) is 0 Å². The average molecular weight is 348 g/mol. The van der Waals surface area contributed by atoms with Gasteiger partial charge in [-0.15, -0.1) is 0 Å². The Morgan fingerprint density at radius 1 is 0.833 bits per heavy atom. The molecule has 0 aliphatic heterocycles. The van der Waals surface area contributed by atoms with Crippen LogP contribution in [0.3, 0.4) is 0 Å². The lowest BCUT2D eigenvalue weighted by Crippen LogP contribution is -2.24. The van der Waals surface area contributed by atoms with Crippen molar-refractivity contribution in [2.24, 2.45) is 0 Å². The van der Waals surface area contributed by atoms with Crippen molar-refractivity contribution in [3.63, 3.8) is 0 Å². The zero-order valence-corrected chi connectivity index (χ0v) is 13.2. The Morgan fingerprint density at radius 3 is 1.88 bits per heavy atom. The van der Waals surface area contributed by atoms with E-state index < -0.39 is 42.6 Å². The van der Waals surface area contributed by atoms with E-state index in [1.165, 1.54) is 0 Å². The molecule has 0 aromatic carbocycles. The summed E-state index contributed by atoms with van der Waals surface area (Å²) in [6, 6.07) is 0. The fourth-order valence-corrected chi connectivity index (χ4v) is 1.46. The first-order valence-electron chi connectivity index (χ1n) is 7.16. The molecule has 10 nitrogen and oxygen atoms in total. The van der Waals surface area contributed by atoms with E-state index in [9.17, 15) is 24.0 Å². The molecule has 0 rings (SSSR count). The third kappa shape index (κ3) is 13.0. The normalized spacial score (nSPS) is 11.2. The quantitative estimate of drug-likeness (QED) is 0.289. The third-order valence-electron chi connectivity index (χ3n) is 2.49. The summed E-state index contributed by atoms with van der Waals surface area (Å²) in [7, 11) is 0. The summed E-state index contributed by atoms with van der Waals surface area (Å²) < 4.78 is 14.4. The number of aliphatic carboxylic acids is 2. The molecule has 0 saturated heterocycles. The standard InChI is InChI=1S/C14H20O10/c1-9(15)23-14(24-13(21)7-5-11(18)19)3-2-8-22-12(20)6-4-10(16)17/h14H,2-8H2,1H3,(H,16,17)(H,18,19). The third-order valence-corrected chi connectivity index (χ3v) is 2.49. The fraction of sp³-hybridized carbons (Fsp3) is 0.643. The van der Waals surface area contributed by atoms with Crippen molar-refractivity contribution < 1.29 is 48.4 Å². The summed E-state index contributed by atoms with van der Waals surface area (Å²) in [5.41, 5.74) is 0. The monoisotopic (exact) mass is 348 g/mol. The zero-order valence-electron chi connectivity index (χ0n) is 13.2. The van der Waals surface area contributed by atoms with Crippen LogP contribution in [-0.2, 0) is 38.2 Å². The zero-order chi connectivity index (χ0) is 18.5. The van der Waals surface area contributed by atoms with Crippen molar-refractivity contribution in [3.05, 3.63) is 0 Å². The lowest BCUT2D eigenvalue weighted by atomic mass is 10.3. The predicted octanol–water partition coefficient (Wildman–Crippen LogP) is 0.472. The molecule has 136 valence electrons. The van der Waals surface area contributed by atoms with Crippen molar-refractivity contribution >= 4 is 29.8 Å². The van der Waals surface area contributed by atoms with Gasteiger partial charge in [-0.25, -0.2) is 0 Å². The molecule has 0 aromatic heterocycles. The maximum Gasteiger partial charge on any atom is 0.309 e. The first-order chi connectivity index (χ1) is 11.2. The van der Waals surface area contributed by atoms with Crippen molar-refractivity contribution in [2.45, 2.75) is 51.7 Å². The topological polar surface area (TPSA) is 154 Å². The van der Waals surface area contributed by atoms with E-state index >= 15 is 0 Å². The van der Waals surface area contributed by atoms with Crippen molar-refractivity contribution in [1.82, 2.24) is 0 Å². The summed E-state index contributed by atoms with van der Waals surface area (Å²) >= 11 is 0. The van der Waals surface area contributed by atoms with Crippen molar-refractivity contribution in [3.8, 4) is 0 Å². The number of carboxylic acid groups (broad SMARTS) is 2. The van der Waals surface area contributed by atoms with Gasteiger partial charge in [-0.05, 0) is 6.42 Å². The number of hydrogen-bond acceptors (Lipinski definition) is 8. The van der Waals surface area contributed by atoms with E-state index in [0.29, 0.717) is 0 Å². The molecule has 0 saturated carbocycles. The second-order valence-electron chi connectivity index (χ2n) is 4.68. The van der Waals surface area contributed by atoms with Gasteiger partial charge in [0.05, 0.1) is 32.3 Å². The Bertz CT molecular complexity index is 470. The highest BCUT2D eigenvalue weighted by Gasteiger charge is 2.18. The number of carbonyl (C=O) groups is 5. The molecule has 0 heterocycles. The smallest absolute Gasteiger partial charge is 0.309 e. The predicted molar refractivity (Wildman–Crippen MR) is 75.6 cm³/mol. The molecule has 1 atom stereocenters. The van der Waals surface area contributed by atoms with Crippen LogP contribution in [0.1, 0.15) is 45.4 Å². The highest BCUT2D eigenvalue weighted by Crippen LogP contribution is 2.08. The van der Waals surface area contributed by atoms with Gasteiger partial charge < -0.3 is 24.4 Å². The van der Waals surface area contributed by atoms with Crippen LogP contribution >= 0.6 is 0 Å². The number of rotatable bonds is 12. The minimum atomic E-state index is -1.21. The van der Waals surface area contributed by atoms with Crippen molar-refractivity contribution in [1.29, 1.82) is 0 Å². The summed E-state index contributed by atoms with van der Waals surface area (Å²) in [4.78, 5) is 54.2. The number of hydrogen-bond donors (Lipinski definition) is 2. The van der Waals surface area contributed by atoms with Crippen LogP contribution in [0.4, 0.5) is 0 Å². The number of carboxylic acids is 2. The highest BCUT2D eigenvalue weighted by atomic mass is 16.7. The average Bonchev–Trinajstić information content (AvgIpc) is 2.46. The van der Waals surface area contributed by atoms with E-state index in [1.807, 2.05) is 0 Å². The number of ether oxygens (including phenoxy) is 3.